The molecule has 0 aliphatic rings. The second-order valence-corrected chi connectivity index (χ2v) is 5.58. The molecule has 1 heterocycles. The molecule has 22 heavy (non-hydrogen) atoms. The number of carbonyl (C=O) groups excluding carboxylic acids is 2. The van der Waals surface area contributed by atoms with E-state index in [4.69, 9.17) is 0 Å². The van der Waals surface area contributed by atoms with E-state index in [9.17, 15) is 9.59 Å². The van der Waals surface area contributed by atoms with Gasteiger partial charge in [0.05, 0.1) is 13.1 Å². The molecule has 1 aromatic carbocycles. The van der Waals surface area contributed by atoms with Gasteiger partial charge in [-0.1, -0.05) is 30.0 Å². The number of benzene rings is 1. The Morgan fingerprint density at radius 1 is 1.14 bits per heavy atom. The van der Waals surface area contributed by atoms with E-state index in [-0.39, 0.29) is 18.4 Å². The molecule has 0 bridgehead atoms. The Kier molecular flexibility index (Phi) is 5.75. The minimum Gasteiger partial charge on any atom is -0.333 e. The summed E-state index contributed by atoms with van der Waals surface area (Å²) in [6.45, 7) is 2.31. The predicted octanol–water partition coefficient (Wildman–Crippen LogP) is 2.80. The number of hydrogen-bond acceptors (Lipinski definition) is 3. The third-order valence-electron chi connectivity index (χ3n) is 2.86. The average molecular weight is 312 g/mol. The normalized spacial score (nSPS) is 9.50. The van der Waals surface area contributed by atoms with Crippen LogP contribution in [0.2, 0.25) is 0 Å². The van der Waals surface area contributed by atoms with Gasteiger partial charge in [-0.3, -0.25) is 4.79 Å². The van der Waals surface area contributed by atoms with Gasteiger partial charge in [-0.25, -0.2) is 4.79 Å². The predicted molar refractivity (Wildman–Crippen MR) is 87.9 cm³/mol. The molecule has 0 aliphatic heterocycles. The maximum atomic E-state index is 11.5. The molecule has 0 saturated carbocycles. The summed E-state index contributed by atoms with van der Waals surface area (Å²) in [6, 6.07) is 10.7. The molecule has 2 rings (SSSR count). The minimum absolute atomic E-state index is 0.0311. The lowest BCUT2D eigenvalue weighted by atomic mass is 10.1. The highest BCUT2D eigenvalue weighted by Crippen LogP contribution is 2.07. The summed E-state index contributed by atoms with van der Waals surface area (Å²) in [7, 11) is 0. The fourth-order valence-electron chi connectivity index (χ4n) is 1.70. The van der Waals surface area contributed by atoms with Crippen molar-refractivity contribution >= 4 is 23.2 Å². The van der Waals surface area contributed by atoms with Crippen molar-refractivity contribution in [3.05, 3.63) is 57.8 Å². The summed E-state index contributed by atoms with van der Waals surface area (Å²) in [6.07, 6.45) is 0. The number of Topliss-reactive ketones (excluding diaryl/α,β-unsaturated/α-hetero) is 1. The second kappa shape index (κ2) is 8.01. The molecule has 0 radical (unpaired) electrons. The van der Waals surface area contributed by atoms with Gasteiger partial charge in [0.1, 0.15) is 0 Å². The molecule has 5 heteroatoms. The van der Waals surface area contributed by atoms with Gasteiger partial charge in [0.15, 0.2) is 5.78 Å². The van der Waals surface area contributed by atoms with Crippen LogP contribution in [0.1, 0.15) is 27.7 Å². The fraction of sp³-hybridized carbons (Fsp3) is 0.176. The van der Waals surface area contributed by atoms with Crippen molar-refractivity contribution in [1.82, 2.24) is 10.6 Å². The smallest absolute Gasteiger partial charge is 0.315 e. The average Bonchev–Trinajstić information content (AvgIpc) is 3.03. The van der Waals surface area contributed by atoms with Crippen LogP contribution in [0.5, 0.6) is 0 Å². The highest BCUT2D eigenvalue weighted by molar-refractivity contribution is 7.09. The van der Waals surface area contributed by atoms with Gasteiger partial charge in [-0.15, -0.1) is 11.3 Å². The van der Waals surface area contributed by atoms with Crippen LogP contribution in [0.25, 0.3) is 0 Å². The summed E-state index contributed by atoms with van der Waals surface area (Å²) in [4.78, 5) is 23.8. The van der Waals surface area contributed by atoms with Crippen molar-refractivity contribution in [3.63, 3.8) is 0 Å². The Balaban J connectivity index is 1.74. The minimum atomic E-state index is -0.241. The third kappa shape index (κ3) is 5.08. The van der Waals surface area contributed by atoms with Crippen LogP contribution in [-0.4, -0.2) is 18.4 Å². The molecule has 0 atom stereocenters. The number of carbonyl (C=O) groups is 2. The molecule has 2 amide bonds. The molecular formula is C17H16N2O2S. The molecule has 112 valence electrons. The summed E-state index contributed by atoms with van der Waals surface area (Å²) >= 11 is 1.60. The number of nitrogens with one attached hydrogen (secondary N) is 2. The standard InChI is InChI=1S/C17H16N2O2S/c1-13(20)15-8-6-14(7-9-15)4-2-10-18-17(21)19-12-16-5-3-11-22-16/h3,5-9,11H,10,12H2,1H3,(H2,18,19,21). The van der Waals surface area contributed by atoms with Gasteiger partial charge in [-0.05, 0) is 30.5 Å². The Morgan fingerprint density at radius 3 is 2.55 bits per heavy atom. The van der Waals surface area contributed by atoms with Gasteiger partial charge in [0, 0.05) is 16.0 Å². The topological polar surface area (TPSA) is 58.2 Å². The van der Waals surface area contributed by atoms with Crippen molar-refractivity contribution < 1.29 is 9.59 Å². The first-order chi connectivity index (χ1) is 10.6. The summed E-state index contributed by atoms with van der Waals surface area (Å²) in [5.74, 6) is 5.84. The molecule has 4 nitrogen and oxygen atoms in total. The van der Waals surface area contributed by atoms with Gasteiger partial charge in [0.25, 0.3) is 0 Å². The maximum Gasteiger partial charge on any atom is 0.315 e. The van der Waals surface area contributed by atoms with Gasteiger partial charge in [-0.2, -0.15) is 0 Å². The lowest BCUT2D eigenvalue weighted by Crippen LogP contribution is -2.34. The van der Waals surface area contributed by atoms with Crippen LogP contribution < -0.4 is 10.6 Å². The van der Waals surface area contributed by atoms with E-state index in [0.29, 0.717) is 12.1 Å². The fourth-order valence-corrected chi connectivity index (χ4v) is 2.35. The first kappa shape index (κ1) is 15.8. The van der Waals surface area contributed by atoms with E-state index >= 15 is 0 Å². The molecule has 2 N–H and O–H groups in total. The quantitative estimate of drug-likeness (QED) is 0.674. The van der Waals surface area contributed by atoms with Gasteiger partial charge in [0.2, 0.25) is 0 Å². The Morgan fingerprint density at radius 2 is 1.91 bits per heavy atom. The largest absolute Gasteiger partial charge is 0.333 e. The van der Waals surface area contributed by atoms with Crippen LogP contribution in [0, 0.1) is 11.8 Å². The van der Waals surface area contributed by atoms with E-state index in [2.05, 4.69) is 22.5 Å². The maximum absolute atomic E-state index is 11.5. The highest BCUT2D eigenvalue weighted by atomic mass is 32.1. The number of rotatable bonds is 4. The summed E-state index contributed by atoms with van der Waals surface area (Å²) in [5, 5.41) is 7.40. The molecular weight excluding hydrogens is 296 g/mol. The summed E-state index contributed by atoms with van der Waals surface area (Å²) < 4.78 is 0. The van der Waals surface area contributed by atoms with Crippen molar-refractivity contribution in [1.29, 1.82) is 0 Å². The van der Waals surface area contributed by atoms with E-state index < -0.39 is 0 Å². The van der Waals surface area contributed by atoms with Crippen LogP contribution in [0.3, 0.4) is 0 Å². The number of hydrogen-bond donors (Lipinski definition) is 2. The number of ketones is 1. The van der Waals surface area contributed by atoms with Crippen LogP contribution in [-0.2, 0) is 6.54 Å². The first-order valence-corrected chi connectivity index (χ1v) is 7.67. The van der Waals surface area contributed by atoms with Crippen LogP contribution in [0.4, 0.5) is 4.79 Å². The van der Waals surface area contributed by atoms with Crippen LogP contribution in [0.15, 0.2) is 41.8 Å². The molecule has 0 spiro atoms. The van der Waals surface area contributed by atoms with E-state index in [0.717, 1.165) is 10.4 Å². The van der Waals surface area contributed by atoms with Crippen molar-refractivity contribution in [2.45, 2.75) is 13.5 Å². The SMILES string of the molecule is CC(=O)c1ccc(C#CCNC(=O)NCc2cccs2)cc1. The van der Waals surface area contributed by atoms with Crippen molar-refractivity contribution in [2.75, 3.05) is 6.54 Å². The van der Waals surface area contributed by atoms with Gasteiger partial charge >= 0.3 is 6.03 Å². The lowest BCUT2D eigenvalue weighted by Gasteiger charge is -2.03. The Labute approximate surface area is 133 Å². The zero-order chi connectivity index (χ0) is 15.8. The van der Waals surface area contributed by atoms with Crippen molar-refractivity contribution in [3.8, 4) is 11.8 Å². The Hall–Kier alpha value is -2.58. The van der Waals surface area contributed by atoms with E-state index in [1.54, 1.807) is 35.6 Å². The highest BCUT2D eigenvalue weighted by Gasteiger charge is 1.99. The molecule has 2 aromatic rings. The van der Waals surface area contributed by atoms with Crippen molar-refractivity contribution in [2.24, 2.45) is 0 Å². The van der Waals surface area contributed by atoms with E-state index in [1.807, 2.05) is 17.5 Å². The molecule has 1 aromatic heterocycles. The Bertz CT molecular complexity index is 695. The van der Waals surface area contributed by atoms with Crippen LogP contribution >= 0.6 is 11.3 Å². The molecule has 0 aliphatic carbocycles. The van der Waals surface area contributed by atoms with Gasteiger partial charge < -0.3 is 10.6 Å². The third-order valence-corrected chi connectivity index (χ3v) is 3.74. The monoisotopic (exact) mass is 312 g/mol. The second-order valence-electron chi connectivity index (χ2n) is 4.55. The first-order valence-electron chi connectivity index (χ1n) is 6.79. The molecule has 0 fully saturated rings. The number of urea groups is 1. The summed E-state index contributed by atoms with van der Waals surface area (Å²) in [5.41, 5.74) is 1.47. The molecule has 0 unspecified atom stereocenters. The number of amides is 2. The zero-order valence-corrected chi connectivity index (χ0v) is 13.0. The number of thiophene rings is 1. The molecule has 0 saturated heterocycles. The van der Waals surface area contributed by atoms with E-state index in [1.165, 1.54) is 6.92 Å². The lowest BCUT2D eigenvalue weighted by molar-refractivity contribution is 0.101. The zero-order valence-electron chi connectivity index (χ0n) is 12.2.